The predicted octanol–water partition coefficient (Wildman–Crippen LogP) is 1.96. The molecular weight excluding hydrogens is 231 g/mol. The van der Waals surface area contributed by atoms with E-state index in [2.05, 4.69) is 21.8 Å². The van der Waals surface area contributed by atoms with Crippen molar-refractivity contribution in [3.05, 3.63) is 18.2 Å². The second kappa shape index (κ2) is 6.09. The van der Waals surface area contributed by atoms with Gasteiger partial charge in [0.2, 0.25) is 5.95 Å². The van der Waals surface area contributed by atoms with E-state index < -0.39 is 5.82 Å². The first-order chi connectivity index (χ1) is 8.76. The highest BCUT2D eigenvalue weighted by atomic mass is 19.1. The zero-order valence-electron chi connectivity index (χ0n) is 10.8. The number of hydrogen-bond acceptors (Lipinski definition) is 4. The summed E-state index contributed by atoms with van der Waals surface area (Å²) < 4.78 is 12.9. The van der Waals surface area contributed by atoms with Crippen LogP contribution in [0.3, 0.4) is 0 Å². The fourth-order valence-corrected chi connectivity index (χ4v) is 2.85. The highest BCUT2D eigenvalue weighted by Gasteiger charge is 2.29. The molecule has 0 bridgehead atoms. The minimum atomic E-state index is -0.395. The first kappa shape index (κ1) is 13.2. The Bertz CT molecular complexity index is 368. The zero-order chi connectivity index (χ0) is 13.0. The maximum atomic E-state index is 12.9. The molecule has 1 aromatic heterocycles. The summed E-state index contributed by atoms with van der Waals surface area (Å²) in [6.45, 7) is 3.60. The topological polar surface area (TPSA) is 55.0 Å². The summed E-state index contributed by atoms with van der Waals surface area (Å²) in [6, 6.07) is 0.388. The third-order valence-electron chi connectivity index (χ3n) is 3.78. The molecule has 0 aliphatic heterocycles. The van der Waals surface area contributed by atoms with Crippen molar-refractivity contribution in [3.63, 3.8) is 0 Å². The molecule has 0 aromatic carbocycles. The molecule has 1 fully saturated rings. The Kier molecular flexibility index (Phi) is 4.47. The van der Waals surface area contributed by atoms with Gasteiger partial charge >= 0.3 is 0 Å². The van der Waals surface area contributed by atoms with Crippen LogP contribution in [0, 0.1) is 11.7 Å². The molecule has 0 radical (unpaired) electrons. The van der Waals surface area contributed by atoms with Gasteiger partial charge in [-0.3, -0.25) is 0 Å². The summed E-state index contributed by atoms with van der Waals surface area (Å²) in [5.41, 5.74) is 5.86. The molecule has 2 unspecified atom stereocenters. The fraction of sp³-hybridized carbons (Fsp3) is 0.692. The summed E-state index contributed by atoms with van der Waals surface area (Å²) in [7, 11) is 0. The Balaban J connectivity index is 2.18. The number of aromatic nitrogens is 2. The first-order valence-corrected chi connectivity index (χ1v) is 6.70. The number of nitrogens with two attached hydrogens (primary N) is 1. The maximum absolute atomic E-state index is 12.9. The molecule has 0 spiro atoms. The number of nitrogens with zero attached hydrogens (tertiary/aromatic N) is 3. The Morgan fingerprint density at radius 1 is 1.33 bits per heavy atom. The van der Waals surface area contributed by atoms with Crippen LogP contribution in [0.15, 0.2) is 12.4 Å². The summed E-state index contributed by atoms with van der Waals surface area (Å²) in [6.07, 6.45) is 7.21. The predicted molar refractivity (Wildman–Crippen MR) is 69.8 cm³/mol. The van der Waals surface area contributed by atoms with E-state index in [0.29, 0.717) is 24.5 Å². The van der Waals surface area contributed by atoms with Gasteiger partial charge in [0.25, 0.3) is 0 Å². The molecule has 2 atom stereocenters. The largest absolute Gasteiger partial charge is 0.338 e. The van der Waals surface area contributed by atoms with E-state index in [-0.39, 0.29) is 0 Å². The van der Waals surface area contributed by atoms with E-state index in [1.54, 1.807) is 0 Å². The molecule has 1 aromatic rings. The summed E-state index contributed by atoms with van der Waals surface area (Å²) in [5.74, 6) is 0.713. The third-order valence-corrected chi connectivity index (χ3v) is 3.78. The van der Waals surface area contributed by atoms with Crippen molar-refractivity contribution in [2.75, 3.05) is 18.0 Å². The average Bonchev–Trinajstić information content (AvgIpc) is 2.42. The van der Waals surface area contributed by atoms with E-state index in [1.807, 2.05) is 0 Å². The quantitative estimate of drug-likeness (QED) is 0.890. The summed E-state index contributed by atoms with van der Waals surface area (Å²) in [4.78, 5) is 10.3. The molecule has 1 heterocycles. The molecule has 2 rings (SSSR count). The zero-order valence-corrected chi connectivity index (χ0v) is 10.8. The normalized spacial score (nSPS) is 23.9. The Morgan fingerprint density at radius 2 is 2.00 bits per heavy atom. The second-order valence-electron chi connectivity index (χ2n) is 4.83. The highest BCUT2D eigenvalue weighted by molar-refractivity contribution is 5.31. The monoisotopic (exact) mass is 252 g/mol. The number of anilines is 1. The van der Waals surface area contributed by atoms with Gasteiger partial charge in [-0.2, -0.15) is 0 Å². The van der Waals surface area contributed by atoms with Gasteiger partial charge in [-0.1, -0.05) is 12.8 Å². The summed E-state index contributed by atoms with van der Waals surface area (Å²) in [5, 5.41) is 0. The molecule has 4 nitrogen and oxygen atoms in total. The lowest BCUT2D eigenvalue weighted by atomic mass is 9.83. The minimum absolute atomic E-state index is 0.388. The molecular formula is C13H21FN4. The Hall–Kier alpha value is -1.23. The number of hydrogen-bond donors (Lipinski definition) is 1. The van der Waals surface area contributed by atoms with Crippen molar-refractivity contribution >= 4 is 5.95 Å². The molecule has 0 amide bonds. The molecule has 2 N–H and O–H groups in total. The van der Waals surface area contributed by atoms with Gasteiger partial charge in [0.05, 0.1) is 12.4 Å². The average molecular weight is 252 g/mol. The fourth-order valence-electron chi connectivity index (χ4n) is 2.85. The number of rotatable bonds is 4. The van der Waals surface area contributed by atoms with Crippen molar-refractivity contribution < 1.29 is 4.39 Å². The highest BCUT2D eigenvalue weighted by Crippen LogP contribution is 2.29. The van der Waals surface area contributed by atoms with Gasteiger partial charge in [0.15, 0.2) is 5.82 Å². The van der Waals surface area contributed by atoms with Crippen LogP contribution in [0.25, 0.3) is 0 Å². The molecule has 5 heteroatoms. The van der Waals surface area contributed by atoms with Crippen LogP contribution in [-0.4, -0.2) is 29.1 Å². The smallest absolute Gasteiger partial charge is 0.225 e. The van der Waals surface area contributed by atoms with Crippen molar-refractivity contribution in [2.45, 2.75) is 38.6 Å². The molecule has 0 saturated heterocycles. The molecule has 18 heavy (non-hydrogen) atoms. The van der Waals surface area contributed by atoms with Gasteiger partial charge in [-0.15, -0.1) is 0 Å². The van der Waals surface area contributed by atoms with E-state index in [1.165, 1.54) is 31.7 Å². The minimum Gasteiger partial charge on any atom is -0.338 e. The first-order valence-electron chi connectivity index (χ1n) is 6.70. The van der Waals surface area contributed by atoms with Crippen LogP contribution < -0.4 is 10.6 Å². The molecule has 1 aliphatic rings. The van der Waals surface area contributed by atoms with Crippen LogP contribution in [0.4, 0.5) is 10.3 Å². The lowest BCUT2D eigenvalue weighted by Crippen LogP contribution is -2.46. The Labute approximate surface area is 107 Å². The summed E-state index contributed by atoms with van der Waals surface area (Å²) >= 11 is 0. The van der Waals surface area contributed by atoms with Gasteiger partial charge < -0.3 is 10.6 Å². The van der Waals surface area contributed by atoms with Gasteiger partial charge in [-0.05, 0) is 32.2 Å². The molecule has 1 saturated carbocycles. The van der Waals surface area contributed by atoms with Crippen LogP contribution in [-0.2, 0) is 0 Å². The standard InChI is InChI=1S/C13H21FN4/c1-2-18(13-16-8-11(14)9-17-13)12-6-4-3-5-10(12)7-15/h8-10,12H,2-7,15H2,1H3. The maximum Gasteiger partial charge on any atom is 0.225 e. The third kappa shape index (κ3) is 2.77. The van der Waals surface area contributed by atoms with Crippen LogP contribution in [0.5, 0.6) is 0 Å². The van der Waals surface area contributed by atoms with Crippen molar-refractivity contribution in [2.24, 2.45) is 11.7 Å². The van der Waals surface area contributed by atoms with Gasteiger partial charge in [0, 0.05) is 12.6 Å². The van der Waals surface area contributed by atoms with Gasteiger partial charge in [0.1, 0.15) is 0 Å². The van der Waals surface area contributed by atoms with E-state index in [0.717, 1.165) is 13.0 Å². The van der Waals surface area contributed by atoms with E-state index in [9.17, 15) is 4.39 Å². The second-order valence-corrected chi connectivity index (χ2v) is 4.83. The van der Waals surface area contributed by atoms with Crippen molar-refractivity contribution in [3.8, 4) is 0 Å². The Morgan fingerprint density at radius 3 is 2.61 bits per heavy atom. The van der Waals surface area contributed by atoms with E-state index >= 15 is 0 Å². The van der Waals surface area contributed by atoms with Crippen molar-refractivity contribution in [1.29, 1.82) is 0 Å². The molecule has 1 aliphatic carbocycles. The SMILES string of the molecule is CCN(c1ncc(F)cn1)C1CCCCC1CN. The van der Waals surface area contributed by atoms with E-state index in [4.69, 9.17) is 5.73 Å². The van der Waals surface area contributed by atoms with Crippen LogP contribution in [0.1, 0.15) is 32.6 Å². The van der Waals surface area contributed by atoms with Crippen molar-refractivity contribution in [1.82, 2.24) is 9.97 Å². The van der Waals surface area contributed by atoms with Crippen LogP contribution in [0.2, 0.25) is 0 Å². The lowest BCUT2D eigenvalue weighted by molar-refractivity contribution is 0.298. The number of halogens is 1. The lowest BCUT2D eigenvalue weighted by Gasteiger charge is -2.39. The van der Waals surface area contributed by atoms with Gasteiger partial charge in [-0.25, -0.2) is 14.4 Å². The van der Waals surface area contributed by atoms with Crippen LogP contribution >= 0.6 is 0 Å². The molecule has 100 valence electrons.